The van der Waals surface area contributed by atoms with Crippen molar-refractivity contribution in [2.75, 3.05) is 11.9 Å². The Hall–Kier alpha value is -2.55. The first-order valence-electron chi connectivity index (χ1n) is 7.35. The molecule has 9 heteroatoms. The molecule has 0 saturated heterocycles. The molecule has 1 atom stereocenters. The van der Waals surface area contributed by atoms with E-state index in [-0.39, 0.29) is 6.04 Å². The number of halogens is 3. The predicted octanol–water partition coefficient (Wildman–Crippen LogP) is 3.03. The Kier molecular flexibility index (Phi) is 6.40. The summed E-state index contributed by atoms with van der Waals surface area (Å²) in [6, 6.07) is 2.82. The molecule has 0 fully saturated rings. The van der Waals surface area contributed by atoms with Crippen molar-refractivity contribution in [1.29, 1.82) is 0 Å². The monoisotopic (exact) mass is 371 g/mol. The van der Waals surface area contributed by atoms with Crippen LogP contribution in [0.15, 0.2) is 29.0 Å². The van der Waals surface area contributed by atoms with E-state index >= 15 is 0 Å². The highest BCUT2D eigenvalue weighted by Crippen LogP contribution is 2.19. The van der Waals surface area contributed by atoms with Crippen molar-refractivity contribution in [3.8, 4) is 0 Å². The molecule has 2 aromatic rings. The van der Waals surface area contributed by atoms with Crippen LogP contribution in [0, 0.1) is 17.5 Å². The van der Waals surface area contributed by atoms with Crippen LogP contribution >= 0.6 is 11.3 Å². The second kappa shape index (κ2) is 8.52. The zero-order valence-electron chi connectivity index (χ0n) is 13.2. The SMILES string of the molecule is CC(Cc1ccsc1)NC(=O)NCC(=O)Nc1ccc(F)c(F)c1F. The fourth-order valence-corrected chi connectivity index (χ4v) is 2.75. The maximum atomic E-state index is 13.4. The van der Waals surface area contributed by atoms with E-state index in [2.05, 4.69) is 16.0 Å². The molecular formula is C16H16F3N3O2S. The van der Waals surface area contributed by atoms with Crippen LogP contribution in [-0.2, 0) is 11.2 Å². The molecule has 25 heavy (non-hydrogen) atoms. The highest BCUT2D eigenvalue weighted by Gasteiger charge is 2.16. The van der Waals surface area contributed by atoms with Gasteiger partial charge in [0.25, 0.3) is 0 Å². The second-order valence-electron chi connectivity index (χ2n) is 5.33. The van der Waals surface area contributed by atoms with Gasteiger partial charge in [0.15, 0.2) is 17.5 Å². The van der Waals surface area contributed by atoms with Gasteiger partial charge in [-0.3, -0.25) is 4.79 Å². The maximum Gasteiger partial charge on any atom is 0.315 e. The lowest BCUT2D eigenvalue weighted by molar-refractivity contribution is -0.115. The normalized spacial score (nSPS) is 11.7. The summed E-state index contributed by atoms with van der Waals surface area (Å²) in [5, 5.41) is 10.9. The zero-order chi connectivity index (χ0) is 18.4. The van der Waals surface area contributed by atoms with E-state index in [1.54, 1.807) is 11.3 Å². The van der Waals surface area contributed by atoms with E-state index in [1.165, 1.54) is 0 Å². The molecule has 1 unspecified atom stereocenters. The smallest absolute Gasteiger partial charge is 0.315 e. The Morgan fingerprint density at radius 2 is 1.92 bits per heavy atom. The van der Waals surface area contributed by atoms with Gasteiger partial charge in [-0.05, 0) is 47.9 Å². The van der Waals surface area contributed by atoms with Crippen LogP contribution in [0.3, 0.4) is 0 Å². The Bertz CT molecular complexity index is 753. The van der Waals surface area contributed by atoms with Crippen LogP contribution in [-0.4, -0.2) is 24.5 Å². The molecule has 0 aliphatic carbocycles. The number of anilines is 1. The minimum atomic E-state index is -1.68. The molecule has 0 radical (unpaired) electrons. The zero-order valence-corrected chi connectivity index (χ0v) is 14.1. The van der Waals surface area contributed by atoms with E-state index in [0.29, 0.717) is 12.5 Å². The average Bonchev–Trinajstić information content (AvgIpc) is 3.06. The Morgan fingerprint density at radius 1 is 1.16 bits per heavy atom. The third kappa shape index (κ3) is 5.49. The first-order valence-corrected chi connectivity index (χ1v) is 8.30. The number of hydrogen-bond donors (Lipinski definition) is 3. The topological polar surface area (TPSA) is 70.2 Å². The molecule has 3 N–H and O–H groups in total. The van der Waals surface area contributed by atoms with Gasteiger partial charge in [-0.1, -0.05) is 0 Å². The summed E-state index contributed by atoms with van der Waals surface area (Å²) in [6.45, 7) is 1.36. The molecule has 3 amide bonds. The molecule has 0 spiro atoms. The van der Waals surface area contributed by atoms with Gasteiger partial charge in [0.1, 0.15) is 0 Å². The molecule has 0 bridgehead atoms. The number of hydrogen-bond acceptors (Lipinski definition) is 3. The van der Waals surface area contributed by atoms with Crippen LogP contribution < -0.4 is 16.0 Å². The first-order chi connectivity index (χ1) is 11.9. The number of urea groups is 1. The van der Waals surface area contributed by atoms with Crippen molar-refractivity contribution in [3.63, 3.8) is 0 Å². The van der Waals surface area contributed by atoms with Gasteiger partial charge in [-0.2, -0.15) is 11.3 Å². The van der Waals surface area contributed by atoms with E-state index in [9.17, 15) is 22.8 Å². The summed E-state index contributed by atoms with van der Waals surface area (Å²) >= 11 is 1.56. The Labute approximate surface area is 146 Å². The van der Waals surface area contributed by atoms with Gasteiger partial charge >= 0.3 is 6.03 Å². The van der Waals surface area contributed by atoms with Crippen molar-refractivity contribution in [3.05, 3.63) is 52.0 Å². The lowest BCUT2D eigenvalue weighted by atomic mass is 10.1. The summed E-state index contributed by atoms with van der Waals surface area (Å²) in [7, 11) is 0. The van der Waals surface area contributed by atoms with Crippen LogP contribution in [0.4, 0.5) is 23.7 Å². The van der Waals surface area contributed by atoms with E-state index in [4.69, 9.17) is 0 Å². The average molecular weight is 371 g/mol. The van der Waals surface area contributed by atoms with Gasteiger partial charge in [0.05, 0.1) is 12.2 Å². The molecule has 0 aliphatic heterocycles. The molecule has 134 valence electrons. The maximum absolute atomic E-state index is 13.4. The van der Waals surface area contributed by atoms with Gasteiger partial charge in [-0.15, -0.1) is 0 Å². The summed E-state index contributed by atoms with van der Waals surface area (Å²) in [6.07, 6.45) is 0.642. The fourth-order valence-electron chi connectivity index (χ4n) is 2.07. The summed E-state index contributed by atoms with van der Waals surface area (Å²) in [5.74, 6) is -5.30. The van der Waals surface area contributed by atoms with Gasteiger partial charge in [0, 0.05) is 6.04 Å². The molecule has 5 nitrogen and oxygen atoms in total. The molecule has 1 heterocycles. The van der Waals surface area contributed by atoms with Gasteiger partial charge < -0.3 is 16.0 Å². The van der Waals surface area contributed by atoms with Gasteiger partial charge in [-0.25, -0.2) is 18.0 Å². The quantitative estimate of drug-likeness (QED) is 0.683. The number of thiophene rings is 1. The molecular weight excluding hydrogens is 355 g/mol. The van der Waals surface area contributed by atoms with Crippen LogP contribution in [0.2, 0.25) is 0 Å². The highest BCUT2D eigenvalue weighted by atomic mass is 32.1. The number of nitrogens with one attached hydrogen (secondary N) is 3. The van der Waals surface area contributed by atoms with E-state index < -0.39 is 41.6 Å². The van der Waals surface area contributed by atoms with Crippen molar-refractivity contribution in [2.24, 2.45) is 0 Å². The Morgan fingerprint density at radius 3 is 2.60 bits per heavy atom. The van der Waals surface area contributed by atoms with Crippen LogP contribution in [0.1, 0.15) is 12.5 Å². The molecule has 2 rings (SSSR count). The third-order valence-electron chi connectivity index (χ3n) is 3.22. The van der Waals surface area contributed by atoms with Crippen LogP contribution in [0.5, 0.6) is 0 Å². The summed E-state index contributed by atoms with van der Waals surface area (Å²) in [4.78, 5) is 23.4. The van der Waals surface area contributed by atoms with Crippen molar-refractivity contribution >= 4 is 29.0 Å². The molecule has 1 aromatic carbocycles. The molecule has 0 aliphatic rings. The number of benzene rings is 1. The van der Waals surface area contributed by atoms with Crippen molar-refractivity contribution in [2.45, 2.75) is 19.4 Å². The Balaban J connectivity index is 1.77. The first kappa shape index (κ1) is 18.8. The number of carbonyl (C=O) groups excluding carboxylic acids is 2. The van der Waals surface area contributed by atoms with Crippen LogP contribution in [0.25, 0.3) is 0 Å². The fraction of sp³-hybridized carbons (Fsp3) is 0.250. The predicted molar refractivity (Wildman–Crippen MR) is 89.0 cm³/mol. The standard InChI is InChI=1S/C16H16F3N3O2S/c1-9(6-10-4-5-25-8-10)21-16(24)20-7-13(23)22-12-3-2-11(17)14(18)15(12)19/h2-5,8-9H,6-7H2,1H3,(H,22,23)(H2,20,21,24). The molecule has 1 aromatic heterocycles. The minimum absolute atomic E-state index is 0.152. The summed E-state index contributed by atoms with van der Waals surface area (Å²) < 4.78 is 39.3. The minimum Gasteiger partial charge on any atom is -0.335 e. The second-order valence-corrected chi connectivity index (χ2v) is 6.11. The van der Waals surface area contributed by atoms with Crippen molar-refractivity contribution < 1.29 is 22.8 Å². The third-order valence-corrected chi connectivity index (χ3v) is 3.95. The van der Waals surface area contributed by atoms with Crippen molar-refractivity contribution in [1.82, 2.24) is 10.6 Å². The highest BCUT2D eigenvalue weighted by molar-refractivity contribution is 7.07. The lowest BCUT2D eigenvalue weighted by Crippen LogP contribution is -2.44. The molecule has 0 saturated carbocycles. The number of amides is 3. The van der Waals surface area contributed by atoms with Gasteiger partial charge in [0.2, 0.25) is 5.91 Å². The largest absolute Gasteiger partial charge is 0.335 e. The number of carbonyl (C=O) groups is 2. The summed E-state index contributed by atoms with van der Waals surface area (Å²) in [5.41, 5.74) is 0.585. The number of rotatable bonds is 6. The van der Waals surface area contributed by atoms with E-state index in [1.807, 2.05) is 23.8 Å². The van der Waals surface area contributed by atoms with E-state index in [0.717, 1.165) is 11.6 Å². The lowest BCUT2D eigenvalue weighted by Gasteiger charge is -2.14.